The number of H-pyrrole nitrogens is 1. The van der Waals surface area contributed by atoms with E-state index < -0.39 is 5.41 Å². The molecule has 1 aromatic carbocycles. The van der Waals surface area contributed by atoms with E-state index in [1.54, 1.807) is 18.2 Å². The van der Waals surface area contributed by atoms with Crippen molar-refractivity contribution in [2.75, 3.05) is 39.3 Å². The van der Waals surface area contributed by atoms with Gasteiger partial charge in [0.25, 0.3) is 5.91 Å². The third-order valence-electron chi connectivity index (χ3n) is 8.40. The van der Waals surface area contributed by atoms with Crippen molar-refractivity contribution in [3.8, 4) is 0 Å². The Hall–Kier alpha value is -2.45. The van der Waals surface area contributed by atoms with Gasteiger partial charge >= 0.3 is 0 Å². The zero-order valence-corrected chi connectivity index (χ0v) is 17.7. The average molecular weight is 424 g/mol. The van der Waals surface area contributed by atoms with Gasteiger partial charge in [-0.3, -0.25) is 9.59 Å². The Morgan fingerprint density at radius 2 is 2.06 bits per heavy atom. The van der Waals surface area contributed by atoms with Crippen LogP contribution in [0.5, 0.6) is 0 Å². The molecular weight excluding hydrogens is 394 g/mol. The van der Waals surface area contributed by atoms with Crippen LogP contribution in [0.4, 0.5) is 0 Å². The number of benzene rings is 1. The summed E-state index contributed by atoms with van der Waals surface area (Å²) < 4.78 is 0. The van der Waals surface area contributed by atoms with Crippen LogP contribution in [0, 0.1) is 16.7 Å². The fraction of sp³-hybridized carbons (Fsp3) is 0.609. The number of carbonyl (C=O) groups excluding carboxylic acids is 2. The molecule has 8 nitrogen and oxygen atoms in total. The van der Waals surface area contributed by atoms with E-state index >= 15 is 0 Å². The second kappa shape index (κ2) is 6.77. The first-order chi connectivity index (χ1) is 15.0. The van der Waals surface area contributed by atoms with Crippen molar-refractivity contribution in [1.82, 2.24) is 25.1 Å². The summed E-state index contributed by atoms with van der Waals surface area (Å²) in [5, 5.41) is 12.6. The zero-order chi connectivity index (χ0) is 21.2. The summed E-state index contributed by atoms with van der Waals surface area (Å²) in [5.74, 6) is 0.857. The first kappa shape index (κ1) is 19.3. The van der Waals surface area contributed by atoms with Crippen LogP contribution in [0.25, 0.3) is 11.0 Å². The van der Waals surface area contributed by atoms with E-state index in [2.05, 4.69) is 20.2 Å². The van der Waals surface area contributed by atoms with Crippen molar-refractivity contribution in [2.24, 2.45) is 16.7 Å². The second-order valence-electron chi connectivity index (χ2n) is 10.1. The van der Waals surface area contributed by atoms with Crippen molar-refractivity contribution in [3.05, 3.63) is 29.6 Å². The number of imidazole rings is 1. The molecular formula is C23H29N5O3. The smallest absolute Gasteiger partial charge is 0.253 e. The Morgan fingerprint density at radius 1 is 1.23 bits per heavy atom. The average Bonchev–Trinajstić information content (AvgIpc) is 3.53. The molecule has 31 heavy (non-hydrogen) atoms. The molecule has 1 aliphatic carbocycles. The highest BCUT2D eigenvalue weighted by Gasteiger charge is 2.59. The van der Waals surface area contributed by atoms with Crippen LogP contribution in [-0.4, -0.2) is 76.0 Å². The van der Waals surface area contributed by atoms with E-state index in [1.165, 1.54) is 12.8 Å². The molecule has 0 spiro atoms. The fourth-order valence-electron chi connectivity index (χ4n) is 6.32. The van der Waals surface area contributed by atoms with E-state index in [-0.39, 0.29) is 29.8 Å². The Balaban J connectivity index is 1.15. The summed E-state index contributed by atoms with van der Waals surface area (Å²) in [6.07, 6.45) is 4.24. The number of hydrogen-bond acceptors (Lipinski definition) is 5. The van der Waals surface area contributed by atoms with E-state index in [0.29, 0.717) is 24.5 Å². The van der Waals surface area contributed by atoms with Crippen molar-refractivity contribution in [1.29, 1.82) is 0 Å². The van der Waals surface area contributed by atoms with Crippen molar-refractivity contribution < 1.29 is 14.7 Å². The molecule has 2 amide bonds. The van der Waals surface area contributed by atoms with Crippen LogP contribution < -0.4 is 5.32 Å². The molecule has 1 saturated carbocycles. The van der Waals surface area contributed by atoms with Gasteiger partial charge in [-0.1, -0.05) is 0 Å². The van der Waals surface area contributed by atoms with Gasteiger partial charge in [-0.25, -0.2) is 4.98 Å². The highest BCUT2D eigenvalue weighted by molar-refractivity contribution is 5.98. The normalized spacial score (nSPS) is 33.5. The fourth-order valence-corrected chi connectivity index (χ4v) is 6.32. The summed E-state index contributed by atoms with van der Waals surface area (Å²) in [6, 6.07) is 5.38. The number of carbonyl (C=O) groups is 2. The van der Waals surface area contributed by atoms with Gasteiger partial charge in [0, 0.05) is 37.2 Å². The van der Waals surface area contributed by atoms with Crippen LogP contribution in [-0.2, 0) is 11.4 Å². The number of nitrogens with zero attached hydrogens (tertiary/aromatic N) is 3. The Morgan fingerprint density at radius 3 is 2.74 bits per heavy atom. The van der Waals surface area contributed by atoms with Crippen LogP contribution in [0.2, 0.25) is 0 Å². The first-order valence-corrected chi connectivity index (χ1v) is 11.4. The highest BCUT2D eigenvalue weighted by atomic mass is 16.3. The minimum absolute atomic E-state index is 0.0376. The topological polar surface area (TPSA) is 102 Å². The molecule has 2 aromatic rings. The van der Waals surface area contributed by atoms with Gasteiger partial charge in [-0.05, 0) is 62.9 Å². The Labute approximate surface area is 181 Å². The standard InChI is InChI=1S/C23H29N5O3/c29-11-19-25-17-2-1-15(9-18(17)26-19)20(30)28-10-16-3-4-23(16,14-28)21(31)24-12-22-5-7-27(13-22)8-6-22/h1-2,9,16,29H,3-8,10-14H2,(H,24,31)(H,25,26). The number of likely N-dealkylation sites (tertiary alicyclic amines) is 1. The van der Waals surface area contributed by atoms with Crippen molar-refractivity contribution >= 4 is 22.8 Å². The lowest BCUT2D eigenvalue weighted by atomic mass is 9.61. The minimum Gasteiger partial charge on any atom is -0.388 e. The maximum Gasteiger partial charge on any atom is 0.253 e. The SMILES string of the molecule is O=C(c1ccc2nc(CO)[nH]c2c1)N1CC2CCC2(C(=O)NCC23CCN(CC2)C3)C1. The molecule has 3 aliphatic heterocycles. The number of rotatable bonds is 5. The predicted molar refractivity (Wildman–Crippen MR) is 114 cm³/mol. The maximum atomic E-state index is 13.3. The van der Waals surface area contributed by atoms with Crippen LogP contribution in [0.1, 0.15) is 41.9 Å². The van der Waals surface area contributed by atoms with Gasteiger partial charge in [-0.15, -0.1) is 0 Å². The molecule has 6 rings (SSSR count). The lowest BCUT2D eigenvalue weighted by Gasteiger charge is -2.42. The molecule has 3 saturated heterocycles. The van der Waals surface area contributed by atoms with Crippen LogP contribution in [0.15, 0.2) is 18.2 Å². The third kappa shape index (κ3) is 2.91. The third-order valence-corrected chi connectivity index (χ3v) is 8.40. The molecule has 0 radical (unpaired) electrons. The number of nitrogens with one attached hydrogen (secondary N) is 2. The largest absolute Gasteiger partial charge is 0.388 e. The molecule has 1 aromatic heterocycles. The van der Waals surface area contributed by atoms with Gasteiger partial charge in [-0.2, -0.15) is 0 Å². The quantitative estimate of drug-likeness (QED) is 0.669. The van der Waals surface area contributed by atoms with Gasteiger partial charge in [0.15, 0.2) is 0 Å². The summed E-state index contributed by atoms with van der Waals surface area (Å²) in [7, 11) is 0. The number of aromatic nitrogens is 2. The number of aromatic amines is 1. The minimum atomic E-state index is -0.411. The number of piperidine rings is 1. The molecule has 4 fully saturated rings. The molecule has 2 unspecified atom stereocenters. The van der Waals surface area contributed by atoms with Gasteiger partial charge in [0.1, 0.15) is 12.4 Å². The lowest BCUT2D eigenvalue weighted by Crippen LogP contribution is -2.53. The first-order valence-electron chi connectivity index (χ1n) is 11.4. The molecule has 4 heterocycles. The van der Waals surface area contributed by atoms with E-state index in [9.17, 15) is 14.7 Å². The van der Waals surface area contributed by atoms with Crippen LogP contribution in [0.3, 0.4) is 0 Å². The summed E-state index contributed by atoms with van der Waals surface area (Å²) in [6.45, 7) is 5.19. The molecule has 2 bridgehead atoms. The lowest BCUT2D eigenvalue weighted by molar-refractivity contribution is -0.138. The van der Waals surface area contributed by atoms with Crippen LogP contribution >= 0.6 is 0 Å². The maximum absolute atomic E-state index is 13.3. The molecule has 164 valence electrons. The number of aliphatic hydroxyl groups is 1. The Kier molecular flexibility index (Phi) is 4.21. The number of amides is 2. The molecule has 2 atom stereocenters. The van der Waals surface area contributed by atoms with E-state index in [1.807, 2.05) is 4.90 Å². The zero-order valence-electron chi connectivity index (χ0n) is 17.7. The summed E-state index contributed by atoms with van der Waals surface area (Å²) >= 11 is 0. The van der Waals surface area contributed by atoms with Gasteiger partial charge in [0.2, 0.25) is 5.91 Å². The monoisotopic (exact) mass is 423 g/mol. The Bertz CT molecular complexity index is 1060. The predicted octanol–water partition coefficient (Wildman–Crippen LogP) is 1.12. The van der Waals surface area contributed by atoms with E-state index in [0.717, 1.165) is 50.1 Å². The van der Waals surface area contributed by atoms with E-state index in [4.69, 9.17) is 0 Å². The molecule has 4 aliphatic rings. The number of fused-ring (bicyclic) bond motifs is 4. The second-order valence-corrected chi connectivity index (χ2v) is 10.1. The van der Waals surface area contributed by atoms with Gasteiger partial charge in [0.05, 0.1) is 16.4 Å². The van der Waals surface area contributed by atoms with Gasteiger partial charge < -0.3 is 25.2 Å². The number of hydrogen-bond donors (Lipinski definition) is 3. The van der Waals surface area contributed by atoms with Crippen molar-refractivity contribution in [2.45, 2.75) is 32.3 Å². The summed E-state index contributed by atoms with van der Waals surface area (Å²) in [5.41, 5.74) is 1.92. The molecule has 8 heteroatoms. The summed E-state index contributed by atoms with van der Waals surface area (Å²) in [4.78, 5) is 38.2. The highest BCUT2D eigenvalue weighted by Crippen LogP contribution is 2.52. The molecule has 3 N–H and O–H groups in total. The number of aliphatic hydroxyl groups excluding tert-OH is 1. The van der Waals surface area contributed by atoms with Crippen molar-refractivity contribution in [3.63, 3.8) is 0 Å².